The minimum Gasteiger partial charge on any atom is -0.342 e. The van der Waals surface area contributed by atoms with Crippen LogP contribution in [-0.2, 0) is 4.79 Å². The number of likely N-dealkylation sites (tertiary alicyclic amines) is 2. The van der Waals surface area contributed by atoms with Crippen LogP contribution in [0.15, 0.2) is 0 Å². The molecule has 3 fully saturated rings. The summed E-state index contributed by atoms with van der Waals surface area (Å²) >= 11 is 0. The molecule has 3 nitrogen and oxygen atoms in total. The van der Waals surface area contributed by atoms with Crippen molar-refractivity contribution in [3.05, 3.63) is 0 Å². The number of amides is 1. The molecule has 1 amide bonds. The third-order valence-electron chi connectivity index (χ3n) is 7.45. The van der Waals surface area contributed by atoms with Gasteiger partial charge in [0, 0.05) is 25.6 Å². The average Bonchev–Trinajstić information content (AvgIpc) is 2.54. The van der Waals surface area contributed by atoms with Crippen molar-refractivity contribution in [1.82, 2.24) is 9.80 Å². The molecule has 2 saturated heterocycles. The Labute approximate surface area is 155 Å². The number of hydrogen-bond donors (Lipinski definition) is 0. The van der Waals surface area contributed by atoms with Gasteiger partial charge in [0.15, 0.2) is 0 Å². The molecule has 3 heteroatoms. The molecule has 0 aromatic carbocycles. The van der Waals surface area contributed by atoms with Crippen molar-refractivity contribution >= 4 is 5.91 Å². The fourth-order valence-corrected chi connectivity index (χ4v) is 5.13. The van der Waals surface area contributed by atoms with Crippen LogP contribution in [0.1, 0.15) is 66.2 Å². The highest BCUT2D eigenvalue weighted by molar-refractivity contribution is 5.79. The van der Waals surface area contributed by atoms with E-state index in [0.29, 0.717) is 11.8 Å². The zero-order valence-corrected chi connectivity index (χ0v) is 17.0. The Morgan fingerprint density at radius 3 is 1.92 bits per heavy atom. The molecule has 0 aromatic heterocycles. The van der Waals surface area contributed by atoms with E-state index in [1.54, 1.807) is 0 Å². The van der Waals surface area contributed by atoms with Gasteiger partial charge in [-0.2, -0.15) is 0 Å². The monoisotopic (exact) mass is 348 g/mol. The first-order chi connectivity index (χ1) is 11.9. The summed E-state index contributed by atoms with van der Waals surface area (Å²) in [5, 5.41) is 0. The number of carbonyl (C=O) groups excluding carboxylic acids is 1. The van der Waals surface area contributed by atoms with Gasteiger partial charge in [-0.25, -0.2) is 0 Å². The van der Waals surface area contributed by atoms with Crippen LogP contribution < -0.4 is 0 Å². The summed E-state index contributed by atoms with van der Waals surface area (Å²) in [6.45, 7) is 15.2. The standard InChI is InChI=1S/C22H40N2O/c1-16(2)19-9-11-23(12-10-19)13-18-5-7-20(8-6-18)22(25)24-14-21(15-24)17(3)4/h16-21H,5-15H2,1-4H3. The van der Waals surface area contributed by atoms with Gasteiger partial charge in [-0.05, 0) is 81.2 Å². The summed E-state index contributed by atoms with van der Waals surface area (Å²) in [6, 6.07) is 0. The summed E-state index contributed by atoms with van der Waals surface area (Å²) in [5.74, 6) is 4.88. The number of nitrogens with zero attached hydrogens (tertiary/aromatic N) is 2. The van der Waals surface area contributed by atoms with Crippen LogP contribution in [0.4, 0.5) is 0 Å². The molecule has 2 aliphatic heterocycles. The van der Waals surface area contributed by atoms with Crippen molar-refractivity contribution in [2.75, 3.05) is 32.7 Å². The van der Waals surface area contributed by atoms with Crippen LogP contribution in [0.5, 0.6) is 0 Å². The molecule has 3 rings (SSSR count). The van der Waals surface area contributed by atoms with Crippen LogP contribution in [0.3, 0.4) is 0 Å². The molecule has 0 spiro atoms. The summed E-state index contributed by atoms with van der Waals surface area (Å²) in [7, 11) is 0. The number of rotatable bonds is 5. The first kappa shape index (κ1) is 19.2. The van der Waals surface area contributed by atoms with Crippen molar-refractivity contribution in [3.8, 4) is 0 Å². The minimum absolute atomic E-state index is 0.330. The van der Waals surface area contributed by atoms with E-state index < -0.39 is 0 Å². The molecule has 2 heterocycles. The van der Waals surface area contributed by atoms with Crippen molar-refractivity contribution in [2.45, 2.75) is 66.2 Å². The van der Waals surface area contributed by atoms with Gasteiger partial charge in [0.25, 0.3) is 0 Å². The molecule has 144 valence electrons. The molecule has 0 bridgehead atoms. The predicted molar refractivity (Wildman–Crippen MR) is 104 cm³/mol. The Morgan fingerprint density at radius 1 is 0.840 bits per heavy atom. The Morgan fingerprint density at radius 2 is 1.40 bits per heavy atom. The maximum absolute atomic E-state index is 12.7. The lowest BCUT2D eigenvalue weighted by Crippen LogP contribution is -2.54. The SMILES string of the molecule is CC(C)C1CCN(CC2CCC(C(=O)N3CC(C(C)C)C3)CC2)CC1. The first-order valence-corrected chi connectivity index (χ1v) is 10.9. The summed E-state index contributed by atoms with van der Waals surface area (Å²) in [5.41, 5.74) is 0. The minimum atomic E-state index is 0.330. The molecule has 1 saturated carbocycles. The van der Waals surface area contributed by atoms with Crippen LogP contribution >= 0.6 is 0 Å². The van der Waals surface area contributed by atoms with Gasteiger partial charge < -0.3 is 9.80 Å². The quantitative estimate of drug-likeness (QED) is 0.740. The molecule has 0 radical (unpaired) electrons. The smallest absolute Gasteiger partial charge is 0.225 e. The highest BCUT2D eigenvalue weighted by Gasteiger charge is 2.37. The Bertz CT molecular complexity index is 425. The molecule has 3 aliphatic rings. The van der Waals surface area contributed by atoms with Crippen molar-refractivity contribution in [2.24, 2.45) is 35.5 Å². The van der Waals surface area contributed by atoms with E-state index in [9.17, 15) is 4.79 Å². The Hall–Kier alpha value is -0.570. The highest BCUT2D eigenvalue weighted by Crippen LogP contribution is 2.34. The Kier molecular flexibility index (Phi) is 6.46. The number of piperidine rings is 1. The third-order valence-corrected chi connectivity index (χ3v) is 7.45. The van der Waals surface area contributed by atoms with Gasteiger partial charge in [0.2, 0.25) is 5.91 Å². The predicted octanol–water partition coefficient (Wildman–Crippen LogP) is 4.28. The van der Waals surface area contributed by atoms with E-state index >= 15 is 0 Å². The molecule has 0 unspecified atom stereocenters. The van der Waals surface area contributed by atoms with E-state index in [1.807, 2.05) is 0 Å². The van der Waals surface area contributed by atoms with Crippen LogP contribution in [0.2, 0.25) is 0 Å². The normalized spacial score (nSPS) is 30.1. The third kappa shape index (κ3) is 4.78. The van der Waals surface area contributed by atoms with Crippen molar-refractivity contribution < 1.29 is 4.79 Å². The Balaban J connectivity index is 1.35. The fourth-order valence-electron chi connectivity index (χ4n) is 5.13. The van der Waals surface area contributed by atoms with E-state index in [4.69, 9.17) is 0 Å². The second-order valence-electron chi connectivity index (χ2n) is 9.85. The maximum atomic E-state index is 12.7. The second-order valence-corrected chi connectivity index (χ2v) is 9.85. The first-order valence-electron chi connectivity index (χ1n) is 10.9. The van der Waals surface area contributed by atoms with E-state index in [2.05, 4.69) is 37.5 Å². The van der Waals surface area contributed by atoms with Crippen molar-refractivity contribution in [1.29, 1.82) is 0 Å². The van der Waals surface area contributed by atoms with Gasteiger partial charge >= 0.3 is 0 Å². The molecule has 25 heavy (non-hydrogen) atoms. The highest BCUT2D eigenvalue weighted by atomic mass is 16.2. The zero-order chi connectivity index (χ0) is 18.0. The van der Waals surface area contributed by atoms with Gasteiger partial charge in [-0.15, -0.1) is 0 Å². The number of carbonyl (C=O) groups is 1. The number of hydrogen-bond acceptors (Lipinski definition) is 2. The van der Waals surface area contributed by atoms with E-state index in [0.717, 1.165) is 55.5 Å². The van der Waals surface area contributed by atoms with Gasteiger partial charge in [-0.1, -0.05) is 27.7 Å². The molecule has 0 aromatic rings. The van der Waals surface area contributed by atoms with Gasteiger partial charge in [-0.3, -0.25) is 4.79 Å². The van der Waals surface area contributed by atoms with Crippen LogP contribution in [-0.4, -0.2) is 48.4 Å². The molecular formula is C22H40N2O. The lowest BCUT2D eigenvalue weighted by atomic mass is 9.79. The fraction of sp³-hybridized carbons (Fsp3) is 0.955. The maximum Gasteiger partial charge on any atom is 0.225 e. The summed E-state index contributed by atoms with van der Waals surface area (Å²) in [6.07, 6.45) is 7.57. The largest absolute Gasteiger partial charge is 0.342 e. The van der Waals surface area contributed by atoms with Crippen LogP contribution in [0.25, 0.3) is 0 Å². The van der Waals surface area contributed by atoms with Gasteiger partial charge in [0.1, 0.15) is 0 Å². The van der Waals surface area contributed by atoms with Gasteiger partial charge in [0.05, 0.1) is 0 Å². The topological polar surface area (TPSA) is 23.6 Å². The van der Waals surface area contributed by atoms with Crippen LogP contribution in [0, 0.1) is 35.5 Å². The molecule has 1 aliphatic carbocycles. The lowest BCUT2D eigenvalue weighted by Gasteiger charge is -2.44. The van der Waals surface area contributed by atoms with Crippen molar-refractivity contribution in [3.63, 3.8) is 0 Å². The molecule has 0 N–H and O–H groups in total. The lowest BCUT2D eigenvalue weighted by molar-refractivity contribution is -0.144. The summed E-state index contributed by atoms with van der Waals surface area (Å²) in [4.78, 5) is 17.5. The second kappa shape index (κ2) is 8.41. The van der Waals surface area contributed by atoms with E-state index in [-0.39, 0.29) is 0 Å². The average molecular weight is 349 g/mol. The van der Waals surface area contributed by atoms with E-state index in [1.165, 1.54) is 45.3 Å². The summed E-state index contributed by atoms with van der Waals surface area (Å²) < 4.78 is 0. The molecular weight excluding hydrogens is 308 g/mol. The zero-order valence-electron chi connectivity index (χ0n) is 17.0. The molecule has 0 atom stereocenters.